The Bertz CT molecular complexity index is 2210. The van der Waals surface area contributed by atoms with Crippen LogP contribution in [0.1, 0.15) is 99.4 Å². The van der Waals surface area contributed by atoms with Crippen LogP contribution in [0.5, 0.6) is 28.7 Å². The minimum Gasteiger partial charge on any atom is -0.459 e. The van der Waals surface area contributed by atoms with Crippen LogP contribution in [0.2, 0.25) is 0 Å². The second kappa shape index (κ2) is 20.6. The predicted molar refractivity (Wildman–Crippen MR) is 237 cm³/mol. The molecule has 1 saturated carbocycles. The minimum atomic E-state index is -1.47. The van der Waals surface area contributed by atoms with Crippen molar-refractivity contribution in [2.75, 3.05) is 39.8 Å². The molecule has 0 aromatic heterocycles. The normalized spacial score (nSPS) is 25.9. The van der Waals surface area contributed by atoms with Gasteiger partial charge in [-0.25, -0.2) is 0 Å². The Morgan fingerprint density at radius 1 is 1.00 bits per heavy atom. The largest absolute Gasteiger partial charge is 0.459 e. The lowest BCUT2D eigenvalue weighted by molar-refractivity contribution is -0.384. The molecule has 2 N–H and O–H groups in total. The summed E-state index contributed by atoms with van der Waals surface area (Å²) in [6.07, 6.45) is 11.3. The highest BCUT2D eigenvalue weighted by molar-refractivity contribution is 6.03. The molecule has 3 aliphatic heterocycles. The maximum Gasteiger partial charge on any atom is 0.273 e. The molecule has 15 heteroatoms. The molecule has 1 amide bonds. The Labute approximate surface area is 373 Å². The van der Waals surface area contributed by atoms with Crippen molar-refractivity contribution in [3.05, 3.63) is 106 Å². The number of oxime groups is 1. The number of hydrogen-bond acceptors (Lipinski definition) is 13. The fraction of sp³-hybridized carbons (Fsp3) is 0.510. The molecule has 0 radical (unpaired) electrons. The molecular formula is C49H59N3O12. The van der Waals surface area contributed by atoms with E-state index in [0.29, 0.717) is 78.9 Å². The average molecular weight is 882 g/mol. The lowest BCUT2D eigenvalue weighted by Gasteiger charge is -2.60. The van der Waals surface area contributed by atoms with E-state index in [1.165, 1.54) is 12.1 Å². The summed E-state index contributed by atoms with van der Waals surface area (Å²) < 4.78 is 38.2. The molecule has 7 atom stereocenters. The SMILES string of the molecule is C=CCOC12Oc3ccc(Oc4cccc([N+](=O)[O-])c4)cc3C3C(CCCCO)C(CCCCO)C=C(C(=NOC4CCCCO4)CC1N(CCC)C(=O)c1ccc4c(c1)OCO4)C32. The number of ether oxygens (including phenoxy) is 6. The van der Waals surface area contributed by atoms with Crippen LogP contribution in [-0.4, -0.2) is 89.5 Å². The van der Waals surface area contributed by atoms with Crippen LogP contribution < -0.4 is 18.9 Å². The van der Waals surface area contributed by atoms with Crippen molar-refractivity contribution in [2.45, 2.75) is 102 Å². The molecule has 0 spiro atoms. The molecule has 1 saturated heterocycles. The van der Waals surface area contributed by atoms with Crippen molar-refractivity contribution in [3.63, 3.8) is 0 Å². The molecule has 2 aliphatic carbocycles. The first-order chi connectivity index (χ1) is 31.3. The van der Waals surface area contributed by atoms with Gasteiger partial charge in [0.05, 0.1) is 35.8 Å². The second-order valence-corrected chi connectivity index (χ2v) is 17.1. The van der Waals surface area contributed by atoms with Gasteiger partial charge in [0.1, 0.15) is 23.3 Å². The number of allylic oxidation sites excluding steroid dienone is 1. The molecule has 15 nitrogen and oxygen atoms in total. The first kappa shape index (κ1) is 45.1. The topological polar surface area (TPSA) is 181 Å². The number of non-ortho nitro benzene ring substituents is 1. The van der Waals surface area contributed by atoms with Gasteiger partial charge in [-0.05, 0) is 105 Å². The van der Waals surface area contributed by atoms with Gasteiger partial charge in [0, 0.05) is 55.7 Å². The van der Waals surface area contributed by atoms with Crippen molar-refractivity contribution in [2.24, 2.45) is 22.9 Å². The number of hydrogen-bond donors (Lipinski definition) is 2. The number of aliphatic hydroxyl groups excluding tert-OH is 2. The zero-order valence-electron chi connectivity index (χ0n) is 36.4. The molecule has 8 rings (SSSR count). The highest BCUT2D eigenvalue weighted by atomic mass is 16.8. The number of rotatable bonds is 20. The fourth-order valence-electron chi connectivity index (χ4n) is 10.3. The third-order valence-corrected chi connectivity index (χ3v) is 13.0. The van der Waals surface area contributed by atoms with Gasteiger partial charge in [-0.2, -0.15) is 0 Å². The van der Waals surface area contributed by atoms with E-state index in [4.69, 9.17) is 38.4 Å². The number of nitro groups is 1. The number of fused-ring (bicyclic) bond motifs is 3. The Balaban J connectivity index is 1.32. The van der Waals surface area contributed by atoms with Crippen LogP contribution in [0.4, 0.5) is 5.69 Å². The van der Waals surface area contributed by atoms with Crippen LogP contribution in [0.3, 0.4) is 0 Å². The minimum absolute atomic E-state index is 0.0144. The van der Waals surface area contributed by atoms with Crippen molar-refractivity contribution in [1.82, 2.24) is 4.90 Å². The number of carbonyl (C=O) groups is 1. The molecule has 2 fully saturated rings. The van der Waals surface area contributed by atoms with Crippen molar-refractivity contribution in [1.29, 1.82) is 0 Å². The number of unbranched alkanes of at least 4 members (excludes halogenated alkanes) is 2. The van der Waals surface area contributed by atoms with Gasteiger partial charge in [0.15, 0.2) is 11.5 Å². The maximum absolute atomic E-state index is 15.1. The van der Waals surface area contributed by atoms with E-state index < -0.39 is 29.0 Å². The van der Waals surface area contributed by atoms with E-state index in [0.717, 1.165) is 49.7 Å². The van der Waals surface area contributed by atoms with Gasteiger partial charge >= 0.3 is 0 Å². The van der Waals surface area contributed by atoms with Crippen LogP contribution in [0, 0.1) is 27.9 Å². The summed E-state index contributed by atoms with van der Waals surface area (Å²) in [6.45, 7) is 7.32. The first-order valence-electron chi connectivity index (χ1n) is 22.8. The zero-order chi connectivity index (χ0) is 44.6. The van der Waals surface area contributed by atoms with Crippen LogP contribution >= 0.6 is 0 Å². The third kappa shape index (κ3) is 9.35. The van der Waals surface area contributed by atoms with E-state index in [1.807, 2.05) is 24.0 Å². The van der Waals surface area contributed by atoms with E-state index in [1.54, 1.807) is 42.5 Å². The maximum atomic E-state index is 15.1. The highest BCUT2D eigenvalue weighted by Gasteiger charge is 2.65. The van der Waals surface area contributed by atoms with Crippen LogP contribution in [-0.2, 0) is 14.3 Å². The summed E-state index contributed by atoms with van der Waals surface area (Å²) in [7, 11) is 0. The number of benzene rings is 3. The van der Waals surface area contributed by atoms with E-state index in [9.17, 15) is 20.3 Å². The summed E-state index contributed by atoms with van der Waals surface area (Å²) in [4.78, 5) is 34.5. The zero-order valence-corrected chi connectivity index (χ0v) is 36.4. The highest BCUT2D eigenvalue weighted by Crippen LogP contribution is 2.62. The van der Waals surface area contributed by atoms with E-state index in [-0.39, 0.29) is 62.4 Å². The van der Waals surface area contributed by atoms with Crippen LogP contribution in [0.15, 0.2) is 90.1 Å². The van der Waals surface area contributed by atoms with Crippen molar-refractivity contribution in [3.8, 4) is 28.7 Å². The third-order valence-electron chi connectivity index (χ3n) is 13.0. The number of nitrogens with zero attached hydrogens (tertiary/aromatic N) is 3. The fourth-order valence-corrected chi connectivity index (χ4v) is 10.3. The predicted octanol–water partition coefficient (Wildman–Crippen LogP) is 8.83. The Morgan fingerprint density at radius 2 is 1.80 bits per heavy atom. The van der Waals surface area contributed by atoms with Gasteiger partial charge in [-0.3, -0.25) is 14.9 Å². The van der Waals surface area contributed by atoms with Gasteiger partial charge in [-0.15, -0.1) is 6.58 Å². The average Bonchev–Trinajstić information content (AvgIpc) is 3.79. The first-order valence-corrected chi connectivity index (χ1v) is 22.8. The Morgan fingerprint density at radius 3 is 2.56 bits per heavy atom. The van der Waals surface area contributed by atoms with Gasteiger partial charge in [-0.1, -0.05) is 43.1 Å². The monoisotopic (exact) mass is 881 g/mol. The van der Waals surface area contributed by atoms with Crippen LogP contribution in [0.25, 0.3) is 0 Å². The van der Waals surface area contributed by atoms with E-state index in [2.05, 4.69) is 12.7 Å². The summed E-state index contributed by atoms with van der Waals surface area (Å²) in [5.74, 6) is -0.154. The summed E-state index contributed by atoms with van der Waals surface area (Å²) in [6, 6.07) is 16.2. The number of carbonyl (C=O) groups excluding carboxylic acids is 1. The summed E-state index contributed by atoms with van der Waals surface area (Å²) in [5, 5.41) is 36.6. The molecule has 0 bridgehead atoms. The van der Waals surface area contributed by atoms with Gasteiger partial charge in [0.2, 0.25) is 18.9 Å². The van der Waals surface area contributed by atoms with Crippen molar-refractivity contribution >= 4 is 17.3 Å². The number of nitro benzene ring substituents is 1. The Hall–Kier alpha value is -5.48. The lowest BCUT2D eigenvalue weighted by Crippen LogP contribution is -2.70. The molecule has 64 heavy (non-hydrogen) atoms. The summed E-state index contributed by atoms with van der Waals surface area (Å²) >= 11 is 0. The quantitative estimate of drug-likeness (QED) is 0.0477. The second-order valence-electron chi connectivity index (χ2n) is 17.1. The van der Waals surface area contributed by atoms with Gasteiger partial charge in [0.25, 0.3) is 11.6 Å². The molecule has 3 heterocycles. The smallest absolute Gasteiger partial charge is 0.273 e. The molecular weight excluding hydrogens is 823 g/mol. The molecule has 342 valence electrons. The molecule has 7 unspecified atom stereocenters. The standard InChI is InChI=1S/C49H59N3O12/c1-3-21-51(48(55)33-17-19-42-43(27-33)60-31-59-42)44-30-40(50-64-45-16-7-10-25-58-45)38-26-32(12-5-8-22-53)37(15-6-9-23-54)46-39-29-36(62-35-14-11-13-34(28-35)52(56)57)18-20-41(39)63-49(44,47(38)46)61-24-4-2/h4,11,13-14,17-20,26-29,32,37,44-47,53-54H,2-3,5-10,12,15-16,21-25,30-31H2,1H3. The lowest BCUT2D eigenvalue weighted by atomic mass is 9.55. The Kier molecular flexibility index (Phi) is 14.5. The summed E-state index contributed by atoms with van der Waals surface area (Å²) in [5.41, 5.74) is 2.76. The number of aliphatic hydroxyl groups is 2. The molecule has 3 aromatic carbocycles. The van der Waals surface area contributed by atoms with Gasteiger partial charge < -0.3 is 48.4 Å². The number of amides is 1. The van der Waals surface area contributed by atoms with Crippen molar-refractivity contribution < 1.29 is 53.2 Å². The molecule has 5 aliphatic rings. The molecule has 3 aromatic rings. The van der Waals surface area contributed by atoms with E-state index >= 15 is 4.79 Å².